The van der Waals surface area contributed by atoms with Crippen LogP contribution in [0.5, 0.6) is 0 Å². The summed E-state index contributed by atoms with van der Waals surface area (Å²) in [5.41, 5.74) is -1.46. The van der Waals surface area contributed by atoms with Crippen molar-refractivity contribution in [3.63, 3.8) is 0 Å². The molecule has 144 valence electrons. The van der Waals surface area contributed by atoms with Gasteiger partial charge in [-0.2, -0.15) is 18.3 Å². The number of alkyl halides is 3. The predicted molar refractivity (Wildman–Crippen MR) is 90.7 cm³/mol. The minimum Gasteiger partial charge on any atom is -0.319 e. The van der Waals surface area contributed by atoms with Gasteiger partial charge in [-0.15, -0.1) is 0 Å². The normalized spacial score (nSPS) is 15.4. The van der Waals surface area contributed by atoms with Crippen LogP contribution in [0.2, 0.25) is 5.02 Å². The number of nitrogens with one attached hydrogen (secondary N) is 1. The molecule has 1 unspecified atom stereocenters. The van der Waals surface area contributed by atoms with Crippen molar-refractivity contribution in [1.82, 2.24) is 9.78 Å². The number of hydrogen-bond acceptors (Lipinski definition) is 4. The lowest BCUT2D eigenvalue weighted by molar-refractivity contribution is -0.383. The molecular weight excluding hydrogens is 389 g/mol. The van der Waals surface area contributed by atoms with Crippen LogP contribution in [0.3, 0.4) is 0 Å². The maximum Gasteiger partial charge on any atom is 0.436 e. The van der Waals surface area contributed by atoms with Crippen LogP contribution < -0.4 is 5.32 Å². The number of para-hydroxylation sites is 2. The van der Waals surface area contributed by atoms with E-state index in [1.165, 1.54) is 31.2 Å². The third-order valence-corrected chi connectivity index (χ3v) is 4.60. The average molecular weight is 403 g/mol. The Bertz CT molecular complexity index is 909. The summed E-state index contributed by atoms with van der Waals surface area (Å²) in [6.07, 6.45) is -3.44. The summed E-state index contributed by atoms with van der Waals surface area (Å²) in [6.45, 7) is 1.36. The summed E-state index contributed by atoms with van der Waals surface area (Å²) >= 11 is 5.90. The van der Waals surface area contributed by atoms with Gasteiger partial charge >= 0.3 is 6.18 Å². The molecule has 2 aromatic rings. The van der Waals surface area contributed by atoms with Gasteiger partial charge in [0.15, 0.2) is 5.69 Å². The first-order valence-corrected chi connectivity index (χ1v) is 8.38. The van der Waals surface area contributed by atoms with Gasteiger partial charge in [-0.25, -0.2) is 0 Å². The van der Waals surface area contributed by atoms with Gasteiger partial charge in [0.1, 0.15) is 11.7 Å². The molecule has 1 N–H and O–H groups in total. The van der Waals surface area contributed by atoms with Gasteiger partial charge in [-0.3, -0.25) is 19.6 Å². The molecule has 1 aromatic heterocycles. The van der Waals surface area contributed by atoms with Crippen LogP contribution in [0.1, 0.15) is 43.1 Å². The average Bonchev–Trinajstić information content (AvgIpc) is 3.35. The molecule has 1 aliphatic carbocycles. The van der Waals surface area contributed by atoms with E-state index in [1.807, 2.05) is 0 Å². The number of nitrogens with zero attached hydrogens (tertiary/aromatic N) is 3. The predicted octanol–water partition coefficient (Wildman–Crippen LogP) is 4.54. The maximum absolute atomic E-state index is 13.1. The Morgan fingerprint density at radius 1 is 1.41 bits per heavy atom. The van der Waals surface area contributed by atoms with Crippen LogP contribution in [-0.2, 0) is 11.0 Å². The number of aromatic nitrogens is 2. The molecule has 1 atom stereocenters. The van der Waals surface area contributed by atoms with Gasteiger partial charge in [-0.1, -0.05) is 23.7 Å². The van der Waals surface area contributed by atoms with Gasteiger partial charge in [0, 0.05) is 12.0 Å². The van der Waals surface area contributed by atoms with E-state index >= 15 is 0 Å². The summed E-state index contributed by atoms with van der Waals surface area (Å²) in [4.78, 5) is 22.9. The van der Waals surface area contributed by atoms with Crippen LogP contribution in [0.4, 0.5) is 24.5 Å². The number of benzene rings is 1. The molecule has 0 spiro atoms. The van der Waals surface area contributed by atoms with Crippen molar-refractivity contribution >= 4 is 28.9 Å². The van der Waals surface area contributed by atoms with Gasteiger partial charge < -0.3 is 5.32 Å². The standard InChI is InChI=1S/C16H14ClF3N4O3/c1-8(15(25)21-10-4-2-3-5-11(10)24(26)27)23-13(9-6-7-9)12(17)14(22-23)16(18,19)20/h2-5,8-9H,6-7H2,1H3,(H,21,25). The van der Waals surface area contributed by atoms with E-state index in [-0.39, 0.29) is 23.0 Å². The fourth-order valence-corrected chi connectivity index (χ4v) is 3.10. The molecular formula is C16H14ClF3N4O3. The quantitative estimate of drug-likeness (QED) is 0.587. The topological polar surface area (TPSA) is 90.1 Å². The Kier molecular flexibility index (Phi) is 4.85. The zero-order valence-corrected chi connectivity index (χ0v) is 14.7. The molecule has 1 heterocycles. The van der Waals surface area contributed by atoms with Gasteiger partial charge in [0.2, 0.25) is 5.91 Å². The molecule has 0 saturated heterocycles. The van der Waals surface area contributed by atoms with Gasteiger partial charge in [0.05, 0.1) is 15.6 Å². The highest BCUT2D eigenvalue weighted by molar-refractivity contribution is 6.32. The first-order valence-electron chi connectivity index (χ1n) is 8.00. The second kappa shape index (κ2) is 6.84. The fraction of sp³-hybridized carbons (Fsp3) is 0.375. The molecule has 1 aliphatic rings. The highest BCUT2D eigenvalue weighted by Gasteiger charge is 2.43. The van der Waals surface area contributed by atoms with E-state index in [2.05, 4.69) is 10.4 Å². The summed E-state index contributed by atoms with van der Waals surface area (Å²) in [5.74, 6) is -0.929. The Labute approximate surface area is 156 Å². The lowest BCUT2D eigenvalue weighted by Gasteiger charge is -2.16. The van der Waals surface area contributed by atoms with Crippen LogP contribution in [0.25, 0.3) is 0 Å². The number of amides is 1. The van der Waals surface area contributed by atoms with Crippen molar-refractivity contribution in [2.75, 3.05) is 5.32 Å². The summed E-state index contributed by atoms with van der Waals surface area (Å²) in [6, 6.07) is 4.33. The number of carbonyl (C=O) groups excluding carboxylic acids is 1. The van der Waals surface area contributed by atoms with Gasteiger partial charge in [0.25, 0.3) is 5.69 Å². The van der Waals surface area contributed by atoms with Crippen molar-refractivity contribution < 1.29 is 22.9 Å². The Morgan fingerprint density at radius 2 is 2.04 bits per heavy atom. The first-order chi connectivity index (χ1) is 12.6. The van der Waals surface area contributed by atoms with Crippen LogP contribution >= 0.6 is 11.6 Å². The smallest absolute Gasteiger partial charge is 0.319 e. The first kappa shape index (κ1) is 19.2. The number of hydrogen-bond donors (Lipinski definition) is 1. The molecule has 0 radical (unpaired) electrons. The van der Waals surface area contributed by atoms with E-state index in [0.29, 0.717) is 12.8 Å². The minimum atomic E-state index is -4.75. The van der Waals surface area contributed by atoms with Crippen molar-refractivity contribution in [2.24, 2.45) is 0 Å². The third kappa shape index (κ3) is 3.75. The van der Waals surface area contributed by atoms with E-state index in [0.717, 1.165) is 4.68 Å². The van der Waals surface area contributed by atoms with E-state index in [9.17, 15) is 28.1 Å². The van der Waals surface area contributed by atoms with Crippen LogP contribution in [0, 0.1) is 10.1 Å². The highest BCUT2D eigenvalue weighted by atomic mass is 35.5. The minimum absolute atomic E-state index is 0.0541. The summed E-state index contributed by atoms with van der Waals surface area (Å²) in [5, 5.41) is 16.4. The SMILES string of the molecule is CC(C(=O)Nc1ccccc1[N+](=O)[O-])n1nc(C(F)(F)F)c(Cl)c1C1CC1. The number of carbonyl (C=O) groups is 1. The Morgan fingerprint density at radius 3 is 2.59 bits per heavy atom. The summed E-state index contributed by atoms with van der Waals surface area (Å²) < 4.78 is 40.4. The zero-order chi connectivity index (χ0) is 19.9. The van der Waals surface area contributed by atoms with E-state index in [4.69, 9.17) is 11.6 Å². The molecule has 1 saturated carbocycles. The fourth-order valence-electron chi connectivity index (χ4n) is 2.71. The second-order valence-electron chi connectivity index (χ2n) is 6.20. The van der Waals surface area contributed by atoms with Crippen LogP contribution in [0.15, 0.2) is 24.3 Å². The van der Waals surface area contributed by atoms with Crippen LogP contribution in [-0.4, -0.2) is 20.6 Å². The number of nitro benzene ring substituents is 1. The molecule has 0 aliphatic heterocycles. The molecule has 7 nitrogen and oxygen atoms in total. The van der Waals surface area contributed by atoms with Crippen molar-refractivity contribution in [3.8, 4) is 0 Å². The number of anilines is 1. The molecule has 3 rings (SSSR count). The van der Waals surface area contributed by atoms with E-state index in [1.54, 1.807) is 0 Å². The van der Waals surface area contributed by atoms with Crippen molar-refractivity contribution in [3.05, 3.63) is 50.8 Å². The number of halogens is 4. The largest absolute Gasteiger partial charge is 0.436 e. The zero-order valence-electron chi connectivity index (χ0n) is 14.0. The molecule has 1 amide bonds. The maximum atomic E-state index is 13.1. The lowest BCUT2D eigenvalue weighted by Crippen LogP contribution is -2.26. The van der Waals surface area contributed by atoms with Crippen molar-refractivity contribution in [2.45, 2.75) is 37.9 Å². The third-order valence-electron chi connectivity index (χ3n) is 4.22. The molecule has 0 bridgehead atoms. The second-order valence-corrected chi connectivity index (χ2v) is 6.58. The van der Waals surface area contributed by atoms with E-state index < -0.39 is 33.8 Å². The molecule has 27 heavy (non-hydrogen) atoms. The Balaban J connectivity index is 1.93. The molecule has 1 fully saturated rings. The lowest BCUT2D eigenvalue weighted by atomic mass is 10.2. The summed E-state index contributed by atoms with van der Waals surface area (Å²) in [7, 11) is 0. The molecule has 11 heteroatoms. The Hall–Kier alpha value is -2.62. The monoisotopic (exact) mass is 402 g/mol. The number of nitro groups is 1. The highest BCUT2D eigenvalue weighted by Crippen LogP contribution is 2.47. The number of rotatable bonds is 5. The van der Waals surface area contributed by atoms with Crippen molar-refractivity contribution in [1.29, 1.82) is 0 Å². The van der Waals surface area contributed by atoms with Gasteiger partial charge in [-0.05, 0) is 25.8 Å². The molecule has 1 aromatic carbocycles.